The molecule has 4 rings (SSSR count). The van der Waals surface area contributed by atoms with Gasteiger partial charge in [0.25, 0.3) is 0 Å². The number of hydrogen-bond donors (Lipinski definition) is 0. The molecule has 0 aliphatic carbocycles. The summed E-state index contributed by atoms with van der Waals surface area (Å²) in [5.41, 5.74) is 4.27. The van der Waals surface area contributed by atoms with E-state index in [0.29, 0.717) is 5.56 Å². The molecule has 0 aliphatic heterocycles. The molecule has 1 nitrogen and oxygen atoms in total. The molecule has 0 spiro atoms. The molecule has 0 N–H and O–H groups in total. The number of aromatic nitrogens is 1. The van der Waals surface area contributed by atoms with Crippen LogP contribution in [-0.4, -0.2) is 4.98 Å². The summed E-state index contributed by atoms with van der Waals surface area (Å²) >= 11 is 0. The molecule has 1 heterocycles. The minimum absolute atomic E-state index is 0.266. The summed E-state index contributed by atoms with van der Waals surface area (Å²) in [5, 5.41) is 1.72. The van der Waals surface area contributed by atoms with E-state index >= 15 is 0 Å². The van der Waals surface area contributed by atoms with Gasteiger partial charge in [-0.1, -0.05) is 43.0 Å². The fraction of sp³-hybridized carbons (Fsp3) is 0.148. The first-order valence-electron chi connectivity index (χ1n) is 10.0. The average molecular weight is 397 g/mol. The fourth-order valence-electron chi connectivity index (χ4n) is 3.33. The highest BCUT2D eigenvalue weighted by atomic mass is 19.1. The van der Waals surface area contributed by atoms with Crippen LogP contribution in [0.4, 0.5) is 8.78 Å². The van der Waals surface area contributed by atoms with E-state index in [0.717, 1.165) is 46.9 Å². The summed E-state index contributed by atoms with van der Waals surface area (Å²) in [6.07, 6.45) is 4.37. The van der Waals surface area contributed by atoms with Crippen molar-refractivity contribution in [1.82, 2.24) is 4.98 Å². The topological polar surface area (TPSA) is 12.9 Å². The number of benzene rings is 3. The number of fused-ring (bicyclic) bond motifs is 1. The van der Waals surface area contributed by atoms with Gasteiger partial charge in [-0.2, -0.15) is 0 Å². The Hall–Kier alpha value is -3.51. The van der Waals surface area contributed by atoms with Crippen LogP contribution in [0.5, 0.6) is 0 Å². The third kappa shape index (κ3) is 4.72. The largest absolute Gasteiger partial charge is 0.261 e. The molecule has 148 valence electrons. The van der Waals surface area contributed by atoms with Gasteiger partial charge in [-0.3, -0.25) is 4.98 Å². The molecule has 0 bridgehead atoms. The number of aryl methyl sites for hydroxylation is 3. The first-order chi connectivity index (χ1) is 14.6. The lowest BCUT2D eigenvalue weighted by Gasteiger charge is -2.04. The summed E-state index contributed by atoms with van der Waals surface area (Å²) in [4.78, 5) is 4.46. The van der Waals surface area contributed by atoms with Crippen LogP contribution < -0.4 is 0 Å². The van der Waals surface area contributed by atoms with Gasteiger partial charge in [0.1, 0.15) is 11.6 Å². The molecule has 3 heteroatoms. The molecule has 4 aromatic rings. The number of hydrogen-bond acceptors (Lipinski definition) is 1. The SMILES string of the molecule is CCc1ccc(CCc2ccc(C#Cc3ccc4cc(F)ccc4c3)c(F)c2)nc1. The van der Waals surface area contributed by atoms with Crippen molar-refractivity contribution in [2.24, 2.45) is 0 Å². The van der Waals surface area contributed by atoms with Crippen molar-refractivity contribution in [1.29, 1.82) is 0 Å². The van der Waals surface area contributed by atoms with Gasteiger partial charge in [0, 0.05) is 17.5 Å². The van der Waals surface area contributed by atoms with Crippen LogP contribution in [0.2, 0.25) is 0 Å². The highest BCUT2D eigenvalue weighted by Gasteiger charge is 2.04. The van der Waals surface area contributed by atoms with Crippen LogP contribution in [0.1, 0.15) is 34.9 Å². The molecule has 0 amide bonds. The lowest BCUT2D eigenvalue weighted by molar-refractivity contribution is 0.621. The van der Waals surface area contributed by atoms with Crippen molar-refractivity contribution >= 4 is 10.8 Å². The Balaban J connectivity index is 1.46. The Bertz CT molecular complexity index is 1250. The number of pyridine rings is 1. The van der Waals surface area contributed by atoms with E-state index in [-0.39, 0.29) is 11.6 Å². The van der Waals surface area contributed by atoms with E-state index < -0.39 is 0 Å². The molecule has 0 aliphatic rings. The number of nitrogens with zero attached hydrogens (tertiary/aromatic N) is 1. The van der Waals surface area contributed by atoms with Gasteiger partial charge in [-0.05, 0) is 83.6 Å². The van der Waals surface area contributed by atoms with E-state index in [4.69, 9.17) is 0 Å². The second-order valence-corrected chi connectivity index (χ2v) is 7.28. The van der Waals surface area contributed by atoms with E-state index in [1.165, 1.54) is 17.7 Å². The van der Waals surface area contributed by atoms with E-state index in [9.17, 15) is 8.78 Å². The van der Waals surface area contributed by atoms with Crippen LogP contribution in [0.15, 0.2) is 72.9 Å². The maximum absolute atomic E-state index is 14.5. The van der Waals surface area contributed by atoms with Gasteiger partial charge in [-0.25, -0.2) is 8.78 Å². The number of rotatable bonds is 4. The maximum Gasteiger partial charge on any atom is 0.139 e. The highest BCUT2D eigenvalue weighted by molar-refractivity contribution is 5.84. The molecule has 1 aromatic heterocycles. The predicted octanol–water partition coefficient (Wildman–Crippen LogP) is 6.26. The van der Waals surface area contributed by atoms with Gasteiger partial charge < -0.3 is 0 Å². The Morgan fingerprint density at radius 3 is 2.33 bits per heavy atom. The molecule has 0 radical (unpaired) electrons. The summed E-state index contributed by atoms with van der Waals surface area (Å²) in [7, 11) is 0. The second-order valence-electron chi connectivity index (χ2n) is 7.28. The molecule has 0 atom stereocenters. The third-order valence-corrected chi connectivity index (χ3v) is 5.14. The standard InChI is InChI=1S/C27H21F2N/c1-2-19-6-13-26(30-18-19)14-7-21-4-9-22(27(29)16-21)8-3-20-5-10-24-17-25(28)12-11-23(24)15-20/h4-6,9-13,15-18H,2,7,14H2,1H3. The van der Waals surface area contributed by atoms with Gasteiger partial charge in [0.05, 0.1) is 5.56 Å². The summed E-state index contributed by atoms with van der Waals surface area (Å²) in [6.45, 7) is 2.10. The number of halogens is 2. The van der Waals surface area contributed by atoms with Crippen molar-refractivity contribution in [2.75, 3.05) is 0 Å². The Kier molecular flexibility index (Phi) is 5.86. The van der Waals surface area contributed by atoms with Crippen molar-refractivity contribution in [3.8, 4) is 11.8 Å². The average Bonchev–Trinajstić information content (AvgIpc) is 2.77. The zero-order valence-corrected chi connectivity index (χ0v) is 16.8. The Morgan fingerprint density at radius 2 is 1.57 bits per heavy atom. The predicted molar refractivity (Wildman–Crippen MR) is 117 cm³/mol. The van der Waals surface area contributed by atoms with Gasteiger partial charge in [-0.15, -0.1) is 0 Å². The van der Waals surface area contributed by atoms with Crippen molar-refractivity contribution in [2.45, 2.75) is 26.2 Å². The van der Waals surface area contributed by atoms with E-state index in [1.54, 1.807) is 18.2 Å². The third-order valence-electron chi connectivity index (χ3n) is 5.14. The van der Waals surface area contributed by atoms with E-state index in [2.05, 4.69) is 29.8 Å². The van der Waals surface area contributed by atoms with Gasteiger partial charge in [0.15, 0.2) is 0 Å². The van der Waals surface area contributed by atoms with Crippen molar-refractivity contribution in [3.05, 3.63) is 113 Å². The second kappa shape index (κ2) is 8.88. The first kappa shape index (κ1) is 19.8. The zero-order chi connectivity index (χ0) is 20.9. The van der Waals surface area contributed by atoms with Crippen LogP contribution >= 0.6 is 0 Å². The molecule has 0 saturated carbocycles. The summed E-state index contributed by atoms with van der Waals surface area (Å²) in [6, 6.07) is 19.5. The highest BCUT2D eigenvalue weighted by Crippen LogP contribution is 2.17. The van der Waals surface area contributed by atoms with Crippen molar-refractivity contribution < 1.29 is 8.78 Å². The normalized spacial score (nSPS) is 10.6. The fourth-order valence-corrected chi connectivity index (χ4v) is 3.33. The molecular weight excluding hydrogens is 376 g/mol. The van der Waals surface area contributed by atoms with Gasteiger partial charge >= 0.3 is 0 Å². The molecule has 0 unspecified atom stereocenters. The lowest BCUT2D eigenvalue weighted by Crippen LogP contribution is -1.96. The Morgan fingerprint density at radius 1 is 0.767 bits per heavy atom. The smallest absolute Gasteiger partial charge is 0.139 e. The summed E-state index contributed by atoms with van der Waals surface area (Å²) in [5.74, 6) is 5.32. The minimum atomic E-state index is -0.322. The quantitative estimate of drug-likeness (QED) is 0.370. The zero-order valence-electron chi connectivity index (χ0n) is 16.8. The first-order valence-corrected chi connectivity index (χ1v) is 10.0. The van der Waals surface area contributed by atoms with E-state index in [1.807, 2.05) is 36.5 Å². The van der Waals surface area contributed by atoms with Crippen molar-refractivity contribution in [3.63, 3.8) is 0 Å². The van der Waals surface area contributed by atoms with Gasteiger partial charge in [0.2, 0.25) is 0 Å². The summed E-state index contributed by atoms with van der Waals surface area (Å²) < 4.78 is 27.8. The molecular formula is C27H21F2N. The molecule has 0 fully saturated rings. The minimum Gasteiger partial charge on any atom is -0.261 e. The maximum atomic E-state index is 14.5. The molecule has 3 aromatic carbocycles. The van der Waals surface area contributed by atoms with Crippen LogP contribution in [0, 0.1) is 23.5 Å². The van der Waals surface area contributed by atoms with Crippen LogP contribution in [-0.2, 0) is 19.3 Å². The lowest BCUT2D eigenvalue weighted by atomic mass is 10.0. The van der Waals surface area contributed by atoms with Crippen LogP contribution in [0.3, 0.4) is 0 Å². The Labute approximate surface area is 175 Å². The molecule has 30 heavy (non-hydrogen) atoms. The van der Waals surface area contributed by atoms with Crippen LogP contribution in [0.25, 0.3) is 10.8 Å². The monoisotopic (exact) mass is 397 g/mol. The molecule has 0 saturated heterocycles.